The lowest BCUT2D eigenvalue weighted by Gasteiger charge is -2.43. The molecule has 2 aromatic carbocycles. The molecule has 1 unspecified atom stereocenters. The van der Waals surface area contributed by atoms with Gasteiger partial charge in [-0.2, -0.15) is 0 Å². The predicted molar refractivity (Wildman–Crippen MR) is 124 cm³/mol. The first-order valence-electron chi connectivity index (χ1n) is 10.8. The number of aromatic hydroxyl groups is 1. The topological polar surface area (TPSA) is 119 Å². The number of rotatable bonds is 5. The first-order valence-corrected chi connectivity index (χ1v) is 10.8. The third-order valence-corrected chi connectivity index (χ3v) is 6.37. The van der Waals surface area contributed by atoms with E-state index >= 15 is 0 Å². The van der Waals surface area contributed by atoms with Crippen molar-refractivity contribution in [1.29, 1.82) is 0 Å². The number of allylic oxidation sites excluding steroid dienone is 2. The van der Waals surface area contributed by atoms with Crippen molar-refractivity contribution < 1.29 is 29.1 Å². The Morgan fingerprint density at radius 1 is 1.06 bits per heavy atom. The van der Waals surface area contributed by atoms with Crippen LogP contribution in [0.5, 0.6) is 17.2 Å². The van der Waals surface area contributed by atoms with E-state index in [4.69, 9.17) is 9.47 Å². The van der Waals surface area contributed by atoms with Crippen LogP contribution in [0.15, 0.2) is 47.7 Å². The van der Waals surface area contributed by atoms with Crippen LogP contribution in [-0.2, 0) is 9.59 Å². The average molecular weight is 466 g/mol. The van der Waals surface area contributed by atoms with Crippen LogP contribution >= 0.6 is 0 Å². The van der Waals surface area contributed by atoms with Gasteiger partial charge in [-0.1, -0.05) is 13.8 Å². The Balaban J connectivity index is 1.89. The van der Waals surface area contributed by atoms with Crippen LogP contribution in [0, 0.1) is 15.5 Å². The van der Waals surface area contributed by atoms with Gasteiger partial charge in [0.25, 0.3) is 5.69 Å². The Labute approximate surface area is 196 Å². The SMILES string of the molecule is COc1cc(C2CC(=O)N(c3ccc([N+](=O)[O-])cc3)C3=C2C(=O)CC(C)(C)C3)cc(OC)c1O. The van der Waals surface area contributed by atoms with E-state index in [0.717, 1.165) is 0 Å². The molecular formula is C25H26N2O7. The lowest BCUT2D eigenvalue weighted by atomic mass is 9.69. The second-order valence-corrected chi connectivity index (χ2v) is 9.33. The van der Waals surface area contributed by atoms with E-state index in [1.165, 1.54) is 43.4 Å². The number of nitro groups is 1. The molecular weight excluding hydrogens is 440 g/mol. The summed E-state index contributed by atoms with van der Waals surface area (Å²) in [6.07, 6.45) is 0.829. The van der Waals surface area contributed by atoms with Crippen molar-refractivity contribution in [2.24, 2.45) is 5.41 Å². The molecule has 178 valence electrons. The molecule has 9 nitrogen and oxygen atoms in total. The van der Waals surface area contributed by atoms with Gasteiger partial charge < -0.3 is 14.6 Å². The number of hydrogen-bond acceptors (Lipinski definition) is 7. The lowest BCUT2D eigenvalue weighted by molar-refractivity contribution is -0.384. The molecule has 0 bridgehead atoms. The van der Waals surface area contributed by atoms with Crippen LogP contribution in [0.4, 0.5) is 11.4 Å². The van der Waals surface area contributed by atoms with Crippen molar-refractivity contribution in [1.82, 2.24) is 0 Å². The van der Waals surface area contributed by atoms with Gasteiger partial charge in [0, 0.05) is 47.8 Å². The quantitative estimate of drug-likeness (QED) is 0.510. The molecule has 4 rings (SSSR count). The van der Waals surface area contributed by atoms with E-state index in [-0.39, 0.29) is 46.5 Å². The highest BCUT2D eigenvalue weighted by Crippen LogP contribution is 2.50. The number of benzene rings is 2. The van der Waals surface area contributed by atoms with Gasteiger partial charge in [-0.05, 0) is 41.7 Å². The van der Waals surface area contributed by atoms with Crippen molar-refractivity contribution in [3.05, 3.63) is 63.3 Å². The van der Waals surface area contributed by atoms with Crippen LogP contribution in [0.3, 0.4) is 0 Å². The Hall–Kier alpha value is -3.88. The highest BCUT2D eigenvalue weighted by Gasteiger charge is 2.44. The number of nitrogens with zero attached hydrogens (tertiary/aromatic N) is 2. The molecule has 34 heavy (non-hydrogen) atoms. The number of non-ortho nitro benzene ring substituents is 1. The third-order valence-electron chi connectivity index (χ3n) is 6.37. The van der Waals surface area contributed by atoms with Crippen LogP contribution in [0.2, 0.25) is 0 Å². The second-order valence-electron chi connectivity index (χ2n) is 9.33. The van der Waals surface area contributed by atoms with Crippen LogP contribution in [-0.4, -0.2) is 35.9 Å². The number of nitro benzene ring substituents is 1. The van der Waals surface area contributed by atoms with E-state index < -0.39 is 10.8 Å². The number of carbonyl (C=O) groups is 2. The van der Waals surface area contributed by atoms with Gasteiger partial charge in [0.05, 0.1) is 19.1 Å². The van der Waals surface area contributed by atoms with Gasteiger partial charge in [-0.3, -0.25) is 24.6 Å². The minimum Gasteiger partial charge on any atom is -0.502 e. The zero-order valence-corrected chi connectivity index (χ0v) is 19.5. The number of phenols is 1. The summed E-state index contributed by atoms with van der Waals surface area (Å²) in [5, 5.41) is 21.4. The van der Waals surface area contributed by atoms with E-state index in [1.807, 2.05) is 13.8 Å². The molecule has 0 saturated heterocycles. The van der Waals surface area contributed by atoms with Crippen LogP contribution in [0.1, 0.15) is 44.6 Å². The maximum absolute atomic E-state index is 13.5. The summed E-state index contributed by atoms with van der Waals surface area (Å²) in [4.78, 5) is 39.0. The summed E-state index contributed by atoms with van der Waals surface area (Å²) in [5.41, 5.74) is 1.80. The summed E-state index contributed by atoms with van der Waals surface area (Å²) in [6.45, 7) is 3.95. The molecule has 0 spiro atoms. The van der Waals surface area contributed by atoms with Crippen molar-refractivity contribution in [2.75, 3.05) is 19.1 Å². The van der Waals surface area contributed by atoms with Crippen molar-refractivity contribution in [2.45, 2.75) is 39.0 Å². The minimum absolute atomic E-state index is 0.0130. The molecule has 2 aromatic rings. The van der Waals surface area contributed by atoms with E-state index in [9.17, 15) is 24.8 Å². The van der Waals surface area contributed by atoms with Gasteiger partial charge in [-0.25, -0.2) is 0 Å². The van der Waals surface area contributed by atoms with Gasteiger partial charge in [0.15, 0.2) is 17.3 Å². The number of ether oxygens (including phenoxy) is 2. The standard InChI is InChI=1S/C25H26N2O7/c1-25(2)12-18-23(19(28)13-25)17(14-9-20(33-3)24(30)21(10-14)34-4)11-22(29)26(18)15-5-7-16(8-6-15)27(31)32/h5-10,17,30H,11-13H2,1-4H3. The summed E-state index contributed by atoms with van der Waals surface area (Å²) < 4.78 is 10.6. The molecule has 2 aliphatic rings. The summed E-state index contributed by atoms with van der Waals surface area (Å²) in [5.74, 6) is -0.607. The van der Waals surface area contributed by atoms with Crippen molar-refractivity contribution in [3.8, 4) is 17.2 Å². The normalized spacial score (nSPS) is 19.6. The second kappa shape index (κ2) is 8.48. The average Bonchev–Trinajstić information content (AvgIpc) is 2.78. The number of Topliss-reactive ketones (excluding diaryl/α,β-unsaturated/α-hetero) is 1. The van der Waals surface area contributed by atoms with E-state index in [2.05, 4.69) is 0 Å². The van der Waals surface area contributed by atoms with E-state index in [1.54, 1.807) is 12.1 Å². The maximum atomic E-state index is 13.5. The smallest absolute Gasteiger partial charge is 0.269 e. The summed E-state index contributed by atoms with van der Waals surface area (Å²) >= 11 is 0. The molecule has 9 heteroatoms. The Morgan fingerprint density at radius 3 is 2.18 bits per heavy atom. The highest BCUT2D eigenvalue weighted by molar-refractivity contribution is 6.07. The van der Waals surface area contributed by atoms with Crippen LogP contribution in [0.25, 0.3) is 0 Å². The highest BCUT2D eigenvalue weighted by atomic mass is 16.6. The Kier molecular flexibility index (Phi) is 5.80. The number of ketones is 1. The zero-order valence-electron chi connectivity index (χ0n) is 19.5. The number of anilines is 1. The first kappa shape index (κ1) is 23.3. The number of phenolic OH excluding ortho intramolecular Hbond substituents is 1. The molecule has 1 heterocycles. The summed E-state index contributed by atoms with van der Waals surface area (Å²) in [7, 11) is 2.83. The number of methoxy groups -OCH3 is 2. The number of carbonyl (C=O) groups excluding carboxylic acids is 2. The van der Waals surface area contributed by atoms with Gasteiger partial charge in [0.1, 0.15) is 0 Å². The zero-order chi connectivity index (χ0) is 24.8. The molecule has 1 N–H and O–H groups in total. The molecule has 1 aliphatic heterocycles. The molecule has 1 atom stereocenters. The van der Waals surface area contributed by atoms with Gasteiger partial charge in [0.2, 0.25) is 11.7 Å². The third kappa shape index (κ3) is 3.98. The number of hydrogen-bond donors (Lipinski definition) is 1. The largest absolute Gasteiger partial charge is 0.502 e. The molecule has 0 saturated carbocycles. The molecule has 1 aliphatic carbocycles. The minimum atomic E-state index is -0.538. The molecule has 0 radical (unpaired) electrons. The summed E-state index contributed by atoms with van der Waals surface area (Å²) in [6, 6.07) is 8.99. The number of amides is 1. The Bertz CT molecular complexity index is 1190. The maximum Gasteiger partial charge on any atom is 0.269 e. The molecule has 0 fully saturated rings. The predicted octanol–water partition coefficient (Wildman–Crippen LogP) is 4.48. The van der Waals surface area contributed by atoms with E-state index in [0.29, 0.717) is 35.4 Å². The van der Waals surface area contributed by atoms with Crippen molar-refractivity contribution in [3.63, 3.8) is 0 Å². The fraction of sp³-hybridized carbons (Fsp3) is 0.360. The fourth-order valence-corrected chi connectivity index (χ4v) is 4.84. The Morgan fingerprint density at radius 2 is 1.65 bits per heavy atom. The monoisotopic (exact) mass is 466 g/mol. The fourth-order valence-electron chi connectivity index (χ4n) is 4.84. The van der Waals surface area contributed by atoms with Gasteiger partial charge in [-0.15, -0.1) is 0 Å². The van der Waals surface area contributed by atoms with Crippen molar-refractivity contribution >= 4 is 23.1 Å². The molecule has 1 amide bonds. The first-order chi connectivity index (χ1) is 16.1. The van der Waals surface area contributed by atoms with Crippen LogP contribution < -0.4 is 14.4 Å². The molecule has 0 aromatic heterocycles. The lowest BCUT2D eigenvalue weighted by Crippen LogP contribution is -2.43. The van der Waals surface area contributed by atoms with Gasteiger partial charge >= 0.3 is 0 Å².